The molecule has 2 aliphatic rings. The summed E-state index contributed by atoms with van der Waals surface area (Å²) in [5.74, 6) is -0.192. The third-order valence-corrected chi connectivity index (χ3v) is 5.08. The lowest BCUT2D eigenvalue weighted by atomic mass is 9.84. The van der Waals surface area contributed by atoms with Gasteiger partial charge in [-0.15, -0.1) is 0 Å². The average molecular weight is 371 g/mol. The van der Waals surface area contributed by atoms with E-state index < -0.39 is 17.4 Å². The Morgan fingerprint density at radius 1 is 1.26 bits per heavy atom. The summed E-state index contributed by atoms with van der Waals surface area (Å²) in [5, 5.41) is 3.46. The van der Waals surface area contributed by atoms with Gasteiger partial charge in [0.05, 0.1) is 16.8 Å². The van der Waals surface area contributed by atoms with Crippen LogP contribution in [0.4, 0.5) is 14.9 Å². The van der Waals surface area contributed by atoms with Crippen LogP contribution in [0, 0.1) is 0 Å². The molecule has 0 unspecified atom stereocenters. The Morgan fingerprint density at radius 2 is 1.96 bits per heavy atom. The van der Waals surface area contributed by atoms with Gasteiger partial charge in [-0.25, -0.2) is 9.18 Å². The van der Waals surface area contributed by atoms with Crippen LogP contribution in [0.25, 0.3) is 10.9 Å². The summed E-state index contributed by atoms with van der Waals surface area (Å²) < 4.78 is 21.2. The van der Waals surface area contributed by atoms with Gasteiger partial charge in [0.1, 0.15) is 11.3 Å². The van der Waals surface area contributed by atoms with Crippen molar-refractivity contribution in [2.24, 2.45) is 0 Å². The first-order valence-corrected chi connectivity index (χ1v) is 9.08. The summed E-state index contributed by atoms with van der Waals surface area (Å²) in [7, 11) is 0. The van der Waals surface area contributed by atoms with Gasteiger partial charge in [0, 0.05) is 43.1 Å². The number of rotatable bonds is 1. The predicted molar refractivity (Wildman–Crippen MR) is 99.5 cm³/mol. The van der Waals surface area contributed by atoms with Crippen LogP contribution in [0.1, 0.15) is 49.5 Å². The third kappa shape index (κ3) is 3.01. The molecule has 0 radical (unpaired) electrons. The fourth-order valence-electron chi connectivity index (χ4n) is 3.75. The fraction of sp³-hybridized carbons (Fsp3) is 0.450. The highest BCUT2D eigenvalue weighted by molar-refractivity contribution is 6.23. The Hall–Kier alpha value is -2.70. The summed E-state index contributed by atoms with van der Waals surface area (Å²) in [4.78, 5) is 30.2. The van der Waals surface area contributed by atoms with Gasteiger partial charge in [-0.3, -0.25) is 9.78 Å². The van der Waals surface area contributed by atoms with Gasteiger partial charge in [-0.2, -0.15) is 0 Å². The molecule has 142 valence electrons. The maximum absolute atomic E-state index is 15.9. The zero-order chi connectivity index (χ0) is 19.4. The molecule has 0 bridgehead atoms. The van der Waals surface area contributed by atoms with E-state index in [1.807, 2.05) is 20.8 Å². The second kappa shape index (κ2) is 5.90. The number of carbonyl (C=O) groups excluding carboxylic acids is 2. The minimum absolute atomic E-state index is 0.161. The molecule has 2 aromatic rings. The molecule has 2 amide bonds. The molecule has 6 nitrogen and oxygen atoms in total. The van der Waals surface area contributed by atoms with E-state index in [1.165, 1.54) is 0 Å². The van der Waals surface area contributed by atoms with E-state index in [0.717, 1.165) is 0 Å². The summed E-state index contributed by atoms with van der Waals surface area (Å²) in [6, 6.07) is 5.03. The molecule has 7 heteroatoms. The van der Waals surface area contributed by atoms with Crippen LogP contribution in [0.15, 0.2) is 24.4 Å². The molecule has 0 spiro atoms. The minimum atomic E-state index is -1.60. The lowest BCUT2D eigenvalue weighted by molar-refractivity contribution is 0.00247. The second-order valence-corrected chi connectivity index (χ2v) is 8.13. The van der Waals surface area contributed by atoms with Gasteiger partial charge in [0.25, 0.3) is 5.91 Å². The molecule has 0 atom stereocenters. The fourth-order valence-corrected chi connectivity index (χ4v) is 3.75. The zero-order valence-corrected chi connectivity index (χ0v) is 15.6. The molecule has 0 aliphatic carbocycles. The van der Waals surface area contributed by atoms with Crippen molar-refractivity contribution in [1.82, 2.24) is 9.88 Å². The van der Waals surface area contributed by atoms with Crippen LogP contribution < -0.4 is 5.32 Å². The average Bonchev–Trinajstić information content (AvgIpc) is 2.92. The minimum Gasteiger partial charge on any atom is -0.444 e. The smallest absolute Gasteiger partial charge is 0.410 e. The molecular formula is C20H22FN3O3. The number of alkyl halides is 1. The third-order valence-electron chi connectivity index (χ3n) is 5.08. The highest BCUT2D eigenvalue weighted by atomic mass is 19.1. The molecule has 0 saturated carbocycles. The van der Waals surface area contributed by atoms with Crippen molar-refractivity contribution < 1.29 is 18.7 Å². The number of halogens is 1. The maximum Gasteiger partial charge on any atom is 0.410 e. The van der Waals surface area contributed by atoms with Gasteiger partial charge in [0.2, 0.25) is 0 Å². The second-order valence-electron chi connectivity index (χ2n) is 8.13. The number of pyridine rings is 1. The van der Waals surface area contributed by atoms with E-state index >= 15 is 4.39 Å². The SMILES string of the molecule is CC(C)(C)OC(=O)N1CCC(F)(c2ccc3c4c(ccnc24)NC3=O)CC1. The number of amides is 2. The van der Waals surface area contributed by atoms with Crippen molar-refractivity contribution in [2.75, 3.05) is 18.4 Å². The number of nitrogens with zero attached hydrogens (tertiary/aromatic N) is 2. The lowest BCUT2D eigenvalue weighted by Crippen LogP contribution is -2.45. The quantitative estimate of drug-likeness (QED) is 0.823. The highest BCUT2D eigenvalue weighted by Crippen LogP contribution is 2.43. The number of ether oxygens (including phenoxy) is 1. The van der Waals surface area contributed by atoms with Crippen LogP contribution in [0.5, 0.6) is 0 Å². The Labute approximate surface area is 156 Å². The number of piperidine rings is 1. The van der Waals surface area contributed by atoms with Crippen molar-refractivity contribution >= 4 is 28.6 Å². The molecule has 27 heavy (non-hydrogen) atoms. The number of likely N-dealkylation sites (tertiary alicyclic amines) is 1. The first kappa shape index (κ1) is 17.7. The van der Waals surface area contributed by atoms with E-state index in [-0.39, 0.29) is 31.8 Å². The molecule has 3 heterocycles. The Balaban J connectivity index is 1.62. The highest BCUT2D eigenvalue weighted by Gasteiger charge is 2.41. The summed E-state index contributed by atoms with van der Waals surface area (Å²) in [6.07, 6.45) is 1.48. The topological polar surface area (TPSA) is 71.5 Å². The summed E-state index contributed by atoms with van der Waals surface area (Å²) >= 11 is 0. The maximum atomic E-state index is 15.9. The molecule has 1 fully saturated rings. The lowest BCUT2D eigenvalue weighted by Gasteiger charge is -2.37. The van der Waals surface area contributed by atoms with Gasteiger partial charge in [0.15, 0.2) is 0 Å². The van der Waals surface area contributed by atoms with Crippen molar-refractivity contribution in [1.29, 1.82) is 0 Å². The Kier molecular flexibility index (Phi) is 3.87. The van der Waals surface area contributed by atoms with Gasteiger partial charge in [-0.05, 0) is 32.9 Å². The van der Waals surface area contributed by atoms with Crippen LogP contribution in [-0.2, 0) is 10.4 Å². The Morgan fingerprint density at radius 3 is 2.63 bits per heavy atom. The summed E-state index contributed by atoms with van der Waals surface area (Å²) in [6.45, 7) is 5.96. The van der Waals surface area contributed by atoms with Crippen LogP contribution in [0.3, 0.4) is 0 Å². The standard InChI is InChI=1S/C20H22FN3O3/c1-19(2,3)27-18(26)24-10-7-20(21,8-11-24)13-5-4-12-15-14(23-17(12)25)6-9-22-16(13)15/h4-6,9H,7-8,10-11H2,1-3H3,(H,23,25). The van der Waals surface area contributed by atoms with Crippen molar-refractivity contribution in [2.45, 2.75) is 44.9 Å². The molecular weight excluding hydrogens is 349 g/mol. The number of nitrogens with one attached hydrogen (secondary N) is 1. The van der Waals surface area contributed by atoms with Crippen LogP contribution in [-0.4, -0.2) is 40.6 Å². The van der Waals surface area contributed by atoms with E-state index in [4.69, 9.17) is 4.74 Å². The van der Waals surface area contributed by atoms with Gasteiger partial charge in [-0.1, -0.05) is 6.07 Å². The van der Waals surface area contributed by atoms with Crippen LogP contribution >= 0.6 is 0 Å². The number of carbonyl (C=O) groups is 2. The number of aromatic nitrogens is 1. The monoisotopic (exact) mass is 371 g/mol. The number of hydrogen-bond donors (Lipinski definition) is 1. The van der Waals surface area contributed by atoms with Crippen LogP contribution in [0.2, 0.25) is 0 Å². The molecule has 4 rings (SSSR count). The van der Waals surface area contributed by atoms with Gasteiger partial charge >= 0.3 is 6.09 Å². The summed E-state index contributed by atoms with van der Waals surface area (Å²) in [5.41, 5.74) is -0.0140. The van der Waals surface area contributed by atoms with E-state index in [1.54, 1.807) is 29.3 Å². The largest absolute Gasteiger partial charge is 0.444 e. The van der Waals surface area contributed by atoms with Crippen molar-refractivity contribution in [3.63, 3.8) is 0 Å². The molecule has 1 N–H and O–H groups in total. The zero-order valence-electron chi connectivity index (χ0n) is 15.6. The van der Waals surface area contributed by atoms with E-state index in [9.17, 15) is 9.59 Å². The van der Waals surface area contributed by atoms with Crippen molar-refractivity contribution in [3.05, 3.63) is 35.5 Å². The molecule has 1 aromatic carbocycles. The number of anilines is 1. The Bertz CT molecular complexity index is 943. The van der Waals surface area contributed by atoms with Gasteiger partial charge < -0.3 is 15.0 Å². The molecule has 2 aliphatic heterocycles. The molecule has 1 saturated heterocycles. The normalized spacial score (nSPS) is 18.5. The number of hydrogen-bond acceptors (Lipinski definition) is 4. The van der Waals surface area contributed by atoms with E-state index in [0.29, 0.717) is 27.7 Å². The predicted octanol–water partition coefficient (Wildman–Crippen LogP) is 4.00. The molecule has 1 aromatic heterocycles. The first-order valence-electron chi connectivity index (χ1n) is 9.08. The number of benzene rings is 1. The van der Waals surface area contributed by atoms with Crippen molar-refractivity contribution in [3.8, 4) is 0 Å². The first-order chi connectivity index (χ1) is 12.7. The van der Waals surface area contributed by atoms with E-state index in [2.05, 4.69) is 10.3 Å².